The summed E-state index contributed by atoms with van der Waals surface area (Å²) in [5.41, 5.74) is 2.55. The Morgan fingerprint density at radius 1 is 1.00 bits per heavy atom. The molecule has 0 aliphatic heterocycles. The lowest BCUT2D eigenvalue weighted by Gasteiger charge is -2.17. The molecule has 0 saturated carbocycles. The Morgan fingerprint density at radius 2 is 1.76 bits per heavy atom. The standard InChI is InChI=1S/C19H15Cl2N3O/c1-24(14-6-3-2-4-7-14)19(25)17-11-10-13(12-22-17)23-16-9-5-8-15(20)18(16)21/h2-12,23H,1H3. The van der Waals surface area contributed by atoms with E-state index in [1.165, 1.54) is 0 Å². The van der Waals surface area contributed by atoms with Gasteiger partial charge in [0.1, 0.15) is 5.69 Å². The first-order valence-electron chi connectivity index (χ1n) is 7.56. The van der Waals surface area contributed by atoms with Gasteiger partial charge >= 0.3 is 0 Å². The Labute approximate surface area is 156 Å². The number of anilines is 3. The summed E-state index contributed by atoms with van der Waals surface area (Å²) < 4.78 is 0. The van der Waals surface area contributed by atoms with E-state index in [0.29, 0.717) is 27.1 Å². The zero-order chi connectivity index (χ0) is 17.8. The van der Waals surface area contributed by atoms with Crippen LogP contribution >= 0.6 is 23.2 Å². The van der Waals surface area contributed by atoms with E-state index in [-0.39, 0.29) is 5.91 Å². The van der Waals surface area contributed by atoms with Gasteiger partial charge in [0.05, 0.1) is 27.6 Å². The van der Waals surface area contributed by atoms with Gasteiger partial charge < -0.3 is 10.2 Å². The normalized spacial score (nSPS) is 10.4. The summed E-state index contributed by atoms with van der Waals surface area (Å²) in [4.78, 5) is 18.3. The molecule has 1 heterocycles. The van der Waals surface area contributed by atoms with E-state index in [4.69, 9.17) is 23.2 Å². The lowest BCUT2D eigenvalue weighted by atomic mass is 10.2. The smallest absolute Gasteiger partial charge is 0.276 e. The molecule has 0 saturated heterocycles. The molecule has 0 radical (unpaired) electrons. The number of hydrogen-bond acceptors (Lipinski definition) is 3. The number of benzene rings is 2. The van der Waals surface area contributed by atoms with Crippen molar-refractivity contribution in [1.82, 2.24) is 4.98 Å². The first-order chi connectivity index (χ1) is 12.1. The van der Waals surface area contributed by atoms with Crippen LogP contribution in [0.1, 0.15) is 10.5 Å². The van der Waals surface area contributed by atoms with Crippen LogP contribution in [0, 0.1) is 0 Å². The predicted molar refractivity (Wildman–Crippen MR) is 103 cm³/mol. The first-order valence-corrected chi connectivity index (χ1v) is 8.32. The fourth-order valence-electron chi connectivity index (χ4n) is 2.29. The maximum Gasteiger partial charge on any atom is 0.276 e. The van der Waals surface area contributed by atoms with Gasteiger partial charge in [0.15, 0.2) is 0 Å². The van der Waals surface area contributed by atoms with Crippen LogP contribution in [0.2, 0.25) is 10.0 Å². The van der Waals surface area contributed by atoms with Crippen LogP contribution in [0.4, 0.5) is 17.1 Å². The largest absolute Gasteiger partial charge is 0.353 e. The molecule has 0 atom stereocenters. The second kappa shape index (κ2) is 7.55. The Kier molecular flexibility index (Phi) is 5.22. The number of hydrogen-bond donors (Lipinski definition) is 1. The van der Waals surface area contributed by atoms with Crippen molar-refractivity contribution >= 4 is 46.2 Å². The Morgan fingerprint density at radius 3 is 2.44 bits per heavy atom. The average molecular weight is 372 g/mol. The third kappa shape index (κ3) is 3.92. The maximum absolute atomic E-state index is 12.5. The molecule has 6 heteroatoms. The quantitative estimate of drug-likeness (QED) is 0.666. The van der Waals surface area contributed by atoms with Gasteiger partial charge in [0.25, 0.3) is 5.91 Å². The van der Waals surface area contributed by atoms with Gasteiger partial charge in [-0.25, -0.2) is 4.98 Å². The van der Waals surface area contributed by atoms with Crippen molar-refractivity contribution in [1.29, 1.82) is 0 Å². The van der Waals surface area contributed by atoms with E-state index >= 15 is 0 Å². The van der Waals surface area contributed by atoms with Crippen molar-refractivity contribution in [2.75, 3.05) is 17.3 Å². The maximum atomic E-state index is 12.5. The van der Waals surface area contributed by atoms with Crippen molar-refractivity contribution in [3.05, 3.63) is 82.6 Å². The summed E-state index contributed by atoms with van der Waals surface area (Å²) in [5.74, 6) is -0.182. The number of para-hydroxylation sites is 1. The number of nitrogens with one attached hydrogen (secondary N) is 1. The number of nitrogens with zero attached hydrogens (tertiary/aromatic N) is 2. The summed E-state index contributed by atoms with van der Waals surface area (Å²) in [6.07, 6.45) is 1.59. The number of aromatic nitrogens is 1. The molecule has 0 unspecified atom stereocenters. The molecule has 4 nitrogen and oxygen atoms in total. The first kappa shape index (κ1) is 17.3. The SMILES string of the molecule is CN(C(=O)c1ccc(Nc2cccc(Cl)c2Cl)cn1)c1ccccc1. The molecule has 0 bridgehead atoms. The molecule has 0 aliphatic rings. The Hall–Kier alpha value is -2.56. The zero-order valence-corrected chi connectivity index (χ0v) is 14.9. The van der Waals surface area contributed by atoms with Crippen molar-refractivity contribution in [3.63, 3.8) is 0 Å². The van der Waals surface area contributed by atoms with Crippen LogP contribution in [0.3, 0.4) is 0 Å². The van der Waals surface area contributed by atoms with E-state index in [1.807, 2.05) is 36.4 Å². The third-order valence-corrected chi connectivity index (χ3v) is 4.48. The number of pyridine rings is 1. The van der Waals surface area contributed by atoms with Crippen LogP contribution in [0.15, 0.2) is 66.9 Å². The van der Waals surface area contributed by atoms with Crippen molar-refractivity contribution in [2.45, 2.75) is 0 Å². The van der Waals surface area contributed by atoms with Crippen LogP contribution in [0.25, 0.3) is 0 Å². The Bertz CT molecular complexity index is 883. The number of rotatable bonds is 4. The molecule has 0 fully saturated rings. The van der Waals surface area contributed by atoms with E-state index in [9.17, 15) is 4.79 Å². The molecule has 1 amide bonds. The van der Waals surface area contributed by atoms with Gasteiger partial charge in [0, 0.05) is 12.7 Å². The minimum absolute atomic E-state index is 0.182. The summed E-state index contributed by atoms with van der Waals surface area (Å²) in [5, 5.41) is 4.04. The van der Waals surface area contributed by atoms with Crippen molar-refractivity contribution < 1.29 is 4.79 Å². The molecule has 3 rings (SSSR count). The predicted octanol–water partition coefficient (Wildman–Crippen LogP) is 5.41. The highest BCUT2D eigenvalue weighted by molar-refractivity contribution is 6.43. The second-order valence-corrected chi connectivity index (χ2v) is 6.14. The van der Waals surface area contributed by atoms with E-state index in [2.05, 4.69) is 10.3 Å². The molecule has 3 aromatic rings. The van der Waals surface area contributed by atoms with Crippen LogP contribution in [-0.2, 0) is 0 Å². The lowest BCUT2D eigenvalue weighted by Crippen LogP contribution is -2.26. The highest BCUT2D eigenvalue weighted by Gasteiger charge is 2.14. The monoisotopic (exact) mass is 371 g/mol. The van der Waals surface area contributed by atoms with Crippen LogP contribution in [0.5, 0.6) is 0 Å². The fraction of sp³-hybridized carbons (Fsp3) is 0.0526. The van der Waals surface area contributed by atoms with Crippen LogP contribution < -0.4 is 10.2 Å². The van der Waals surface area contributed by atoms with E-state index in [1.54, 1.807) is 42.4 Å². The minimum Gasteiger partial charge on any atom is -0.353 e. The molecular formula is C19H15Cl2N3O. The number of amides is 1. The fourth-order valence-corrected chi connectivity index (χ4v) is 2.64. The molecular weight excluding hydrogens is 357 g/mol. The highest BCUT2D eigenvalue weighted by Crippen LogP contribution is 2.31. The van der Waals surface area contributed by atoms with Crippen molar-refractivity contribution in [2.24, 2.45) is 0 Å². The lowest BCUT2D eigenvalue weighted by molar-refractivity contribution is 0.0988. The molecule has 25 heavy (non-hydrogen) atoms. The number of halogens is 2. The summed E-state index contributed by atoms with van der Waals surface area (Å²) >= 11 is 12.2. The molecule has 1 N–H and O–H groups in total. The Balaban J connectivity index is 1.76. The summed E-state index contributed by atoms with van der Waals surface area (Å²) in [6, 6.07) is 18.2. The highest BCUT2D eigenvalue weighted by atomic mass is 35.5. The van der Waals surface area contributed by atoms with Gasteiger partial charge in [-0.15, -0.1) is 0 Å². The van der Waals surface area contributed by atoms with E-state index in [0.717, 1.165) is 5.69 Å². The topological polar surface area (TPSA) is 45.2 Å². The third-order valence-electron chi connectivity index (χ3n) is 3.66. The zero-order valence-electron chi connectivity index (χ0n) is 13.4. The van der Waals surface area contributed by atoms with Crippen molar-refractivity contribution in [3.8, 4) is 0 Å². The van der Waals surface area contributed by atoms with Gasteiger partial charge in [0.2, 0.25) is 0 Å². The van der Waals surface area contributed by atoms with Gasteiger partial charge in [-0.3, -0.25) is 4.79 Å². The van der Waals surface area contributed by atoms with Gasteiger partial charge in [-0.2, -0.15) is 0 Å². The second-order valence-electron chi connectivity index (χ2n) is 5.36. The molecule has 2 aromatic carbocycles. The molecule has 0 aliphatic carbocycles. The number of carbonyl (C=O) groups is 1. The van der Waals surface area contributed by atoms with E-state index < -0.39 is 0 Å². The summed E-state index contributed by atoms with van der Waals surface area (Å²) in [6.45, 7) is 0. The number of carbonyl (C=O) groups excluding carboxylic acids is 1. The minimum atomic E-state index is -0.182. The van der Waals surface area contributed by atoms with Gasteiger partial charge in [-0.05, 0) is 36.4 Å². The molecule has 126 valence electrons. The van der Waals surface area contributed by atoms with Gasteiger partial charge in [-0.1, -0.05) is 47.5 Å². The molecule has 1 aromatic heterocycles. The average Bonchev–Trinajstić information content (AvgIpc) is 2.65. The van der Waals surface area contributed by atoms with Crippen LogP contribution in [-0.4, -0.2) is 17.9 Å². The summed E-state index contributed by atoms with van der Waals surface area (Å²) in [7, 11) is 1.72. The molecule has 0 spiro atoms.